The van der Waals surface area contributed by atoms with Crippen molar-refractivity contribution in [3.05, 3.63) is 169 Å². The van der Waals surface area contributed by atoms with E-state index in [1.165, 1.54) is 38.1 Å². The lowest BCUT2D eigenvalue weighted by Crippen LogP contribution is -1.96. The molecule has 1 aliphatic rings. The van der Waals surface area contributed by atoms with Crippen LogP contribution in [-0.2, 0) is 0 Å². The summed E-state index contributed by atoms with van der Waals surface area (Å²) in [5.41, 5.74) is 14.6. The summed E-state index contributed by atoms with van der Waals surface area (Å²) < 4.78 is 4.73. The van der Waals surface area contributed by atoms with Crippen molar-refractivity contribution in [2.75, 3.05) is 0 Å². The summed E-state index contributed by atoms with van der Waals surface area (Å²) in [6, 6.07) is 59.9. The van der Waals surface area contributed by atoms with Gasteiger partial charge in [0, 0.05) is 49.1 Å². The highest BCUT2D eigenvalue weighted by molar-refractivity contribution is 6.18. The lowest BCUT2D eigenvalue weighted by atomic mass is 10.0. The third-order valence-corrected chi connectivity index (χ3v) is 11.5. The highest BCUT2D eigenvalue weighted by Crippen LogP contribution is 2.48. The van der Waals surface area contributed by atoms with Gasteiger partial charge in [-0.3, -0.25) is 0 Å². The van der Waals surface area contributed by atoms with Gasteiger partial charge < -0.3 is 9.13 Å². The number of para-hydroxylation sites is 3. The fourth-order valence-corrected chi connectivity index (χ4v) is 9.06. The van der Waals surface area contributed by atoms with Gasteiger partial charge in [0.25, 0.3) is 0 Å². The Morgan fingerprint density at radius 1 is 0.411 bits per heavy atom. The number of benzene rings is 8. The van der Waals surface area contributed by atoms with Crippen LogP contribution in [0.25, 0.3) is 110 Å². The van der Waals surface area contributed by atoms with E-state index >= 15 is 0 Å². The van der Waals surface area contributed by atoms with Gasteiger partial charge in [0.2, 0.25) is 0 Å². The fraction of sp³-hybridized carbons (Fsp3) is 0. The molecule has 3 aromatic heterocycles. The molecule has 0 saturated heterocycles. The average Bonchev–Trinajstić information content (AvgIpc) is 3.88. The Bertz CT molecular complexity index is 3550. The first-order valence-corrected chi connectivity index (χ1v) is 18.5. The van der Waals surface area contributed by atoms with Crippen LogP contribution < -0.4 is 0 Å². The Balaban J connectivity index is 1.04. The summed E-state index contributed by atoms with van der Waals surface area (Å²) in [5, 5.41) is 26.4. The molecule has 0 saturated carbocycles. The maximum Gasteiger partial charge on any atom is 0.101 e. The zero-order chi connectivity index (χ0) is 37.1. The third-order valence-electron chi connectivity index (χ3n) is 11.5. The van der Waals surface area contributed by atoms with Gasteiger partial charge >= 0.3 is 0 Å². The van der Waals surface area contributed by atoms with Crippen LogP contribution in [0.2, 0.25) is 0 Å². The largest absolute Gasteiger partial charge is 0.309 e. The summed E-state index contributed by atoms with van der Waals surface area (Å²) in [6.07, 6.45) is 0. The summed E-state index contributed by atoms with van der Waals surface area (Å²) in [5.74, 6) is 0. The summed E-state index contributed by atoms with van der Waals surface area (Å²) >= 11 is 0. The Labute approximate surface area is 320 Å². The predicted molar refractivity (Wildman–Crippen MR) is 225 cm³/mol. The van der Waals surface area contributed by atoms with E-state index in [2.05, 4.69) is 167 Å². The minimum absolute atomic E-state index is 0.302. The first kappa shape index (κ1) is 30.4. The topological polar surface area (TPSA) is 83.2 Å². The van der Waals surface area contributed by atoms with Crippen molar-refractivity contribution in [1.29, 1.82) is 10.5 Å². The number of hydrogen-bond donors (Lipinski definition) is 0. The van der Waals surface area contributed by atoms with Crippen LogP contribution in [0, 0.1) is 22.7 Å². The number of hydrogen-bond acceptors (Lipinski definition) is 4. The number of aromatic nitrogens is 4. The number of nitrogens with zero attached hydrogens (tertiary/aromatic N) is 6. The minimum atomic E-state index is 0.302. The van der Waals surface area contributed by atoms with Crippen LogP contribution in [-0.4, -0.2) is 19.1 Å². The maximum absolute atomic E-state index is 9.67. The molecule has 256 valence electrons. The van der Waals surface area contributed by atoms with Crippen LogP contribution in [0.3, 0.4) is 0 Å². The van der Waals surface area contributed by atoms with Gasteiger partial charge in [0.05, 0.1) is 61.3 Å². The summed E-state index contributed by atoms with van der Waals surface area (Å²) in [6.45, 7) is 0. The lowest BCUT2D eigenvalue weighted by Gasteiger charge is -2.13. The first-order chi connectivity index (χ1) is 27.7. The molecule has 0 amide bonds. The van der Waals surface area contributed by atoms with Gasteiger partial charge in [0.1, 0.15) is 12.1 Å². The van der Waals surface area contributed by atoms with E-state index in [0.29, 0.717) is 22.2 Å². The second-order valence-electron chi connectivity index (χ2n) is 14.4. The maximum atomic E-state index is 9.67. The molecule has 0 fully saturated rings. The van der Waals surface area contributed by atoms with Gasteiger partial charge in [-0.15, -0.1) is 0 Å². The fourth-order valence-electron chi connectivity index (χ4n) is 9.06. The van der Waals surface area contributed by atoms with Crippen LogP contribution >= 0.6 is 0 Å². The van der Waals surface area contributed by atoms with Crippen LogP contribution in [0.5, 0.6) is 0 Å². The Kier molecular flexibility index (Phi) is 6.10. The second-order valence-corrected chi connectivity index (χ2v) is 14.4. The molecule has 3 heterocycles. The standard InChI is InChI=1S/C50H26N6/c51-27-31-25-41-42(26-32(31)28-52)54-50-38-19-22-45(36-13-8-14-37(48(36)38)49(50)53-41)56-44-16-7-5-12-35(44)40-24-30(18-21-47(40)56)29-17-20-46-39(23-29)34-11-4-6-15-43(34)55(46)33-9-2-1-3-10-33/h1-26H. The molecule has 0 spiro atoms. The van der Waals surface area contributed by atoms with E-state index in [1.54, 1.807) is 12.1 Å². The van der Waals surface area contributed by atoms with Gasteiger partial charge in [-0.1, -0.05) is 84.9 Å². The van der Waals surface area contributed by atoms with Crippen LogP contribution in [0.15, 0.2) is 158 Å². The Hall–Kier alpha value is -8.06. The highest BCUT2D eigenvalue weighted by Gasteiger charge is 2.27. The molecule has 11 aromatic rings. The van der Waals surface area contributed by atoms with Gasteiger partial charge in [-0.25, -0.2) is 9.97 Å². The van der Waals surface area contributed by atoms with Crippen molar-refractivity contribution >= 4 is 65.4 Å². The zero-order valence-electron chi connectivity index (χ0n) is 29.7. The first-order valence-electron chi connectivity index (χ1n) is 18.5. The third kappa shape index (κ3) is 4.07. The Morgan fingerprint density at radius 2 is 0.929 bits per heavy atom. The molecule has 0 aliphatic heterocycles. The molecule has 0 unspecified atom stereocenters. The summed E-state index contributed by atoms with van der Waals surface area (Å²) in [4.78, 5) is 10.1. The predicted octanol–water partition coefficient (Wildman–Crippen LogP) is 12.0. The smallest absolute Gasteiger partial charge is 0.101 e. The second kappa shape index (κ2) is 11.2. The molecule has 12 rings (SSSR count). The van der Waals surface area contributed by atoms with Crippen molar-refractivity contribution in [1.82, 2.24) is 19.1 Å². The molecule has 0 N–H and O–H groups in total. The Morgan fingerprint density at radius 3 is 1.55 bits per heavy atom. The molecule has 0 radical (unpaired) electrons. The molecule has 6 nitrogen and oxygen atoms in total. The molecular formula is C50H26N6. The molecule has 0 bridgehead atoms. The minimum Gasteiger partial charge on any atom is -0.309 e. The molecule has 8 aromatic carbocycles. The zero-order valence-corrected chi connectivity index (χ0v) is 29.7. The molecule has 6 heteroatoms. The number of fused-ring (bicyclic) bond motifs is 10. The van der Waals surface area contributed by atoms with E-state index in [0.717, 1.165) is 61.3 Å². The van der Waals surface area contributed by atoms with Gasteiger partial charge in [0.15, 0.2) is 0 Å². The van der Waals surface area contributed by atoms with Crippen molar-refractivity contribution in [2.24, 2.45) is 0 Å². The van der Waals surface area contributed by atoms with E-state index in [1.807, 2.05) is 0 Å². The molecule has 56 heavy (non-hydrogen) atoms. The van der Waals surface area contributed by atoms with E-state index in [4.69, 9.17) is 9.97 Å². The van der Waals surface area contributed by atoms with Crippen molar-refractivity contribution in [3.8, 4) is 57.2 Å². The molecular weight excluding hydrogens is 685 g/mol. The lowest BCUT2D eigenvalue weighted by molar-refractivity contribution is 1.18. The van der Waals surface area contributed by atoms with E-state index in [9.17, 15) is 10.5 Å². The monoisotopic (exact) mass is 710 g/mol. The number of rotatable bonds is 3. The van der Waals surface area contributed by atoms with Crippen molar-refractivity contribution in [2.45, 2.75) is 0 Å². The van der Waals surface area contributed by atoms with E-state index in [-0.39, 0.29) is 0 Å². The quantitative estimate of drug-likeness (QED) is 0.183. The van der Waals surface area contributed by atoms with Gasteiger partial charge in [-0.2, -0.15) is 10.5 Å². The number of nitriles is 2. The van der Waals surface area contributed by atoms with Crippen molar-refractivity contribution < 1.29 is 0 Å². The van der Waals surface area contributed by atoms with Crippen LogP contribution in [0.4, 0.5) is 0 Å². The summed E-state index contributed by atoms with van der Waals surface area (Å²) in [7, 11) is 0. The molecule has 0 atom stereocenters. The van der Waals surface area contributed by atoms with Crippen molar-refractivity contribution in [3.63, 3.8) is 0 Å². The highest BCUT2D eigenvalue weighted by atomic mass is 15.0. The van der Waals surface area contributed by atoms with Gasteiger partial charge in [-0.05, 0) is 83.9 Å². The average molecular weight is 711 g/mol. The molecule has 1 aliphatic carbocycles. The normalized spacial score (nSPS) is 11.9. The van der Waals surface area contributed by atoms with Crippen LogP contribution in [0.1, 0.15) is 11.1 Å². The van der Waals surface area contributed by atoms with E-state index < -0.39 is 0 Å². The SMILES string of the molecule is N#Cc1cc2nc3c(nc2cc1C#N)-c1ccc(-n2c4ccccc4c4cc(-c5ccc6c(c5)c5ccccc5n6-c5ccccc5)ccc42)c2cccc-3c12.